The summed E-state index contributed by atoms with van der Waals surface area (Å²) in [6.45, 7) is 1.56. The van der Waals surface area contributed by atoms with Crippen molar-refractivity contribution in [3.8, 4) is 11.5 Å². The molecule has 0 radical (unpaired) electrons. The van der Waals surface area contributed by atoms with E-state index >= 15 is 0 Å². The van der Waals surface area contributed by atoms with Gasteiger partial charge in [-0.2, -0.15) is 0 Å². The number of methoxy groups -OCH3 is 2. The molecule has 1 aliphatic heterocycles. The number of anilines is 1. The first-order chi connectivity index (χ1) is 18.3. The highest BCUT2D eigenvalue weighted by molar-refractivity contribution is 6.20. The second-order valence-electron chi connectivity index (χ2n) is 8.86. The summed E-state index contributed by atoms with van der Waals surface area (Å²) in [5.41, 5.74) is 3.54. The molecule has 3 aromatic carbocycles. The van der Waals surface area contributed by atoms with Gasteiger partial charge in [0.1, 0.15) is 17.5 Å². The number of hydrogen-bond donors (Lipinski definition) is 2. The predicted molar refractivity (Wildman–Crippen MR) is 145 cm³/mol. The number of fused-ring (bicyclic) bond motifs is 1. The maximum atomic E-state index is 13.3. The predicted octanol–water partition coefficient (Wildman–Crippen LogP) is 2.71. The molecule has 9 nitrogen and oxygen atoms in total. The van der Waals surface area contributed by atoms with Gasteiger partial charge in [-0.3, -0.25) is 14.4 Å². The van der Waals surface area contributed by atoms with Gasteiger partial charge in [0.2, 0.25) is 18.0 Å². The number of aliphatic imine (C=N–C) groups is 1. The third-order valence-corrected chi connectivity index (χ3v) is 6.22. The SMILES string of the molecule is COc1cc(CC(=O)N[C@@H](C)C(=O)N[C@H]2N=C(c3ccccc3)c3ccccc3N(C)C2=O)cc(OC)c1. The van der Waals surface area contributed by atoms with Crippen LogP contribution in [0.3, 0.4) is 0 Å². The summed E-state index contributed by atoms with van der Waals surface area (Å²) in [6.07, 6.45) is -1.15. The summed E-state index contributed by atoms with van der Waals surface area (Å²) < 4.78 is 10.5. The lowest BCUT2D eigenvalue weighted by molar-refractivity contribution is -0.130. The van der Waals surface area contributed by atoms with Crippen LogP contribution in [0.2, 0.25) is 0 Å². The van der Waals surface area contributed by atoms with Gasteiger partial charge >= 0.3 is 0 Å². The van der Waals surface area contributed by atoms with E-state index in [1.165, 1.54) is 19.1 Å². The van der Waals surface area contributed by atoms with Crippen LogP contribution < -0.4 is 25.0 Å². The van der Waals surface area contributed by atoms with E-state index in [1.54, 1.807) is 32.2 Å². The zero-order valence-electron chi connectivity index (χ0n) is 21.7. The van der Waals surface area contributed by atoms with Crippen LogP contribution in [0.1, 0.15) is 23.6 Å². The van der Waals surface area contributed by atoms with Crippen LogP contribution in [0.5, 0.6) is 11.5 Å². The summed E-state index contributed by atoms with van der Waals surface area (Å²) in [6, 6.07) is 21.2. The van der Waals surface area contributed by atoms with Gasteiger partial charge in [-0.15, -0.1) is 0 Å². The molecule has 38 heavy (non-hydrogen) atoms. The number of carbonyl (C=O) groups is 3. The third-order valence-electron chi connectivity index (χ3n) is 6.22. The Labute approximate surface area is 221 Å². The monoisotopic (exact) mass is 514 g/mol. The molecule has 2 atom stereocenters. The van der Waals surface area contributed by atoms with E-state index in [0.29, 0.717) is 28.5 Å². The average molecular weight is 515 g/mol. The van der Waals surface area contributed by atoms with Crippen molar-refractivity contribution in [2.24, 2.45) is 4.99 Å². The van der Waals surface area contributed by atoms with Gasteiger partial charge in [0, 0.05) is 24.2 Å². The molecule has 3 amide bonds. The minimum absolute atomic E-state index is 0.0158. The Kier molecular flexibility index (Phi) is 8.06. The Morgan fingerprint density at radius 2 is 1.61 bits per heavy atom. The van der Waals surface area contributed by atoms with Gasteiger partial charge in [-0.1, -0.05) is 48.5 Å². The van der Waals surface area contributed by atoms with Crippen molar-refractivity contribution in [1.29, 1.82) is 0 Å². The molecule has 1 heterocycles. The fraction of sp³-hybridized carbons (Fsp3) is 0.241. The van der Waals surface area contributed by atoms with Gasteiger partial charge in [0.05, 0.1) is 32.0 Å². The van der Waals surface area contributed by atoms with Crippen LogP contribution in [0.15, 0.2) is 77.8 Å². The van der Waals surface area contributed by atoms with Crippen molar-refractivity contribution in [3.63, 3.8) is 0 Å². The number of likely N-dealkylation sites (N-methyl/N-ethyl adjacent to an activating group) is 1. The second kappa shape index (κ2) is 11.6. The molecular formula is C29H30N4O5. The summed E-state index contributed by atoms with van der Waals surface area (Å²) in [4.78, 5) is 45.3. The third kappa shape index (κ3) is 5.83. The number of benzodiazepines with no additional fused rings is 1. The fourth-order valence-electron chi connectivity index (χ4n) is 4.21. The summed E-state index contributed by atoms with van der Waals surface area (Å²) >= 11 is 0. The number of rotatable bonds is 8. The molecule has 1 aliphatic rings. The van der Waals surface area contributed by atoms with Crippen LogP contribution in [0.4, 0.5) is 5.69 Å². The lowest BCUT2D eigenvalue weighted by atomic mass is 10.0. The first-order valence-corrected chi connectivity index (χ1v) is 12.1. The molecular weight excluding hydrogens is 484 g/mol. The van der Waals surface area contributed by atoms with E-state index in [9.17, 15) is 14.4 Å². The van der Waals surface area contributed by atoms with Crippen molar-refractivity contribution >= 4 is 29.1 Å². The lowest BCUT2D eigenvalue weighted by Crippen LogP contribution is -2.52. The fourth-order valence-corrected chi connectivity index (χ4v) is 4.21. The maximum Gasteiger partial charge on any atom is 0.272 e. The van der Waals surface area contributed by atoms with Crippen LogP contribution in [0.25, 0.3) is 0 Å². The summed E-state index contributed by atoms with van der Waals surface area (Å²) in [7, 11) is 4.71. The van der Waals surface area contributed by atoms with Crippen molar-refractivity contribution in [2.45, 2.75) is 25.6 Å². The molecule has 0 unspecified atom stereocenters. The van der Waals surface area contributed by atoms with Gasteiger partial charge in [0.25, 0.3) is 5.91 Å². The number of benzene rings is 3. The van der Waals surface area contributed by atoms with Crippen LogP contribution in [0, 0.1) is 0 Å². The molecule has 2 N–H and O–H groups in total. The number of nitrogens with zero attached hydrogens (tertiary/aromatic N) is 2. The highest BCUT2D eigenvalue weighted by atomic mass is 16.5. The van der Waals surface area contributed by atoms with Crippen LogP contribution in [-0.2, 0) is 20.8 Å². The smallest absolute Gasteiger partial charge is 0.272 e. The van der Waals surface area contributed by atoms with Crippen molar-refractivity contribution < 1.29 is 23.9 Å². The molecule has 0 fully saturated rings. The molecule has 4 rings (SSSR count). The highest BCUT2D eigenvalue weighted by Gasteiger charge is 2.32. The van der Waals surface area contributed by atoms with Crippen LogP contribution >= 0.6 is 0 Å². The van der Waals surface area contributed by atoms with Crippen LogP contribution in [-0.4, -0.2) is 56.9 Å². The number of hydrogen-bond acceptors (Lipinski definition) is 6. The average Bonchev–Trinajstić information content (AvgIpc) is 3.03. The minimum atomic E-state index is -1.17. The van der Waals surface area contributed by atoms with E-state index in [0.717, 1.165) is 11.1 Å². The Morgan fingerprint density at radius 1 is 0.974 bits per heavy atom. The van der Waals surface area contributed by atoms with E-state index in [-0.39, 0.29) is 12.3 Å². The van der Waals surface area contributed by atoms with Gasteiger partial charge in [0.15, 0.2) is 0 Å². The number of carbonyl (C=O) groups excluding carboxylic acids is 3. The zero-order valence-corrected chi connectivity index (χ0v) is 21.7. The molecule has 3 aromatic rings. The molecule has 0 saturated heterocycles. The minimum Gasteiger partial charge on any atom is -0.497 e. The lowest BCUT2D eigenvalue weighted by Gasteiger charge is -2.22. The molecule has 0 aliphatic carbocycles. The van der Waals surface area contributed by atoms with E-state index in [4.69, 9.17) is 9.47 Å². The first-order valence-electron chi connectivity index (χ1n) is 12.1. The Bertz CT molecular complexity index is 1350. The van der Waals surface area contributed by atoms with Crippen molar-refractivity contribution in [1.82, 2.24) is 10.6 Å². The molecule has 0 spiro atoms. The zero-order chi connectivity index (χ0) is 27.2. The van der Waals surface area contributed by atoms with Gasteiger partial charge in [-0.25, -0.2) is 4.99 Å². The Balaban J connectivity index is 1.51. The number of nitrogens with one attached hydrogen (secondary N) is 2. The largest absolute Gasteiger partial charge is 0.497 e. The highest BCUT2D eigenvalue weighted by Crippen LogP contribution is 2.27. The maximum absolute atomic E-state index is 13.3. The van der Waals surface area contributed by atoms with Crippen molar-refractivity contribution in [3.05, 3.63) is 89.5 Å². The van der Waals surface area contributed by atoms with E-state index < -0.39 is 24.0 Å². The molecule has 196 valence electrons. The summed E-state index contributed by atoms with van der Waals surface area (Å²) in [5, 5.41) is 5.40. The van der Waals surface area contributed by atoms with E-state index in [2.05, 4.69) is 15.6 Å². The molecule has 0 bridgehead atoms. The number of ether oxygens (including phenoxy) is 2. The van der Waals surface area contributed by atoms with Crippen molar-refractivity contribution in [2.75, 3.05) is 26.2 Å². The Hall–Kier alpha value is -4.66. The molecule has 0 aromatic heterocycles. The first kappa shape index (κ1) is 26.4. The van der Waals surface area contributed by atoms with Gasteiger partial charge in [-0.05, 0) is 30.7 Å². The van der Waals surface area contributed by atoms with E-state index in [1.807, 2.05) is 54.6 Å². The summed E-state index contributed by atoms with van der Waals surface area (Å²) in [5.74, 6) is -0.175. The molecule has 0 saturated carbocycles. The normalized spacial score (nSPS) is 15.5. The number of amides is 3. The molecule has 9 heteroatoms. The Morgan fingerprint density at radius 3 is 2.26 bits per heavy atom. The standard InChI is InChI=1S/C29H30N4O5/c1-18(30-25(34)16-19-14-21(37-3)17-22(15-19)38-4)28(35)32-27-29(36)33(2)24-13-9-8-12-23(24)26(31-27)20-10-6-5-7-11-20/h5-15,17-18,27H,16H2,1-4H3,(H,30,34)(H,32,35)/t18-,27+/m0/s1. The quantitative estimate of drug-likeness (QED) is 0.481. The van der Waals surface area contributed by atoms with Gasteiger partial charge < -0.3 is 25.0 Å². The number of para-hydroxylation sites is 1. The second-order valence-corrected chi connectivity index (χ2v) is 8.86. The topological polar surface area (TPSA) is 109 Å².